The van der Waals surface area contributed by atoms with Gasteiger partial charge in [0.25, 0.3) is 0 Å². The van der Waals surface area contributed by atoms with E-state index in [4.69, 9.17) is 12.2 Å². The summed E-state index contributed by atoms with van der Waals surface area (Å²) in [7, 11) is 0. The summed E-state index contributed by atoms with van der Waals surface area (Å²) in [5.74, 6) is 1.55. The normalized spacial score (nSPS) is 10.5. The first-order valence-corrected chi connectivity index (χ1v) is 9.56. The molecule has 2 N–H and O–H groups in total. The zero-order valence-electron chi connectivity index (χ0n) is 14.1. The lowest BCUT2D eigenvalue weighted by molar-refractivity contribution is 0.617. The lowest BCUT2D eigenvalue weighted by atomic mass is 10.1. The van der Waals surface area contributed by atoms with Crippen molar-refractivity contribution in [2.75, 3.05) is 17.6 Å². The number of aryl methyl sites for hydroxylation is 2. The Labute approximate surface area is 153 Å². The topological polar surface area (TPSA) is 24.1 Å². The third-order valence-electron chi connectivity index (χ3n) is 3.73. The summed E-state index contributed by atoms with van der Waals surface area (Å²) in [5.41, 5.74) is 4.28. The highest BCUT2D eigenvalue weighted by Gasteiger charge is 2.01. The van der Waals surface area contributed by atoms with Crippen LogP contribution in [0.4, 0.5) is 10.1 Å². The first-order chi connectivity index (χ1) is 11.6. The van der Waals surface area contributed by atoms with Crippen LogP contribution in [0.15, 0.2) is 42.5 Å². The Morgan fingerprint density at radius 2 is 1.92 bits per heavy atom. The zero-order valence-corrected chi connectivity index (χ0v) is 15.7. The smallest absolute Gasteiger partial charge is 0.170 e. The van der Waals surface area contributed by atoms with Gasteiger partial charge in [-0.05, 0) is 73.1 Å². The molecule has 0 unspecified atom stereocenters. The van der Waals surface area contributed by atoms with Gasteiger partial charge in [-0.1, -0.05) is 24.3 Å². The molecule has 2 nitrogen and oxygen atoms in total. The molecule has 0 aliphatic rings. The van der Waals surface area contributed by atoms with E-state index in [-0.39, 0.29) is 5.82 Å². The fourth-order valence-electron chi connectivity index (χ4n) is 2.17. The summed E-state index contributed by atoms with van der Waals surface area (Å²) in [6.45, 7) is 4.99. The van der Waals surface area contributed by atoms with Gasteiger partial charge in [-0.2, -0.15) is 11.8 Å². The quantitative estimate of drug-likeness (QED) is 0.531. The zero-order chi connectivity index (χ0) is 17.4. The van der Waals surface area contributed by atoms with Crippen molar-refractivity contribution in [1.29, 1.82) is 0 Å². The third-order valence-corrected chi connectivity index (χ3v) is 5.07. The van der Waals surface area contributed by atoms with Crippen molar-refractivity contribution in [2.24, 2.45) is 0 Å². The summed E-state index contributed by atoms with van der Waals surface area (Å²) in [6.07, 6.45) is 0.980. The van der Waals surface area contributed by atoms with Crippen LogP contribution in [0.25, 0.3) is 0 Å². The fourth-order valence-corrected chi connectivity index (χ4v) is 3.33. The Kier molecular flexibility index (Phi) is 7.53. The average Bonchev–Trinajstić information content (AvgIpc) is 2.56. The molecule has 0 aromatic heterocycles. The van der Waals surface area contributed by atoms with Crippen LogP contribution in [-0.2, 0) is 5.75 Å². The Balaban J connectivity index is 1.61. The largest absolute Gasteiger partial charge is 0.362 e. The molecule has 0 aliphatic heterocycles. The minimum atomic E-state index is -0.123. The molecular weight excluding hydrogens is 339 g/mol. The Bertz CT molecular complexity index is 689. The molecule has 0 aliphatic carbocycles. The molecule has 0 atom stereocenters. The molecule has 24 heavy (non-hydrogen) atoms. The van der Waals surface area contributed by atoms with Gasteiger partial charge in [0.1, 0.15) is 5.82 Å². The van der Waals surface area contributed by atoms with Gasteiger partial charge in [0, 0.05) is 18.0 Å². The standard InChI is InChI=1S/C19H23FN2S2/c1-14-8-9-17(12-15(14)2)22-19(23)21-10-5-11-24-13-16-6-3-4-7-18(16)20/h3-4,6-9,12H,5,10-11,13H2,1-2H3,(H2,21,22,23). The van der Waals surface area contributed by atoms with Crippen LogP contribution in [0, 0.1) is 19.7 Å². The number of nitrogens with one attached hydrogen (secondary N) is 2. The molecule has 2 aromatic carbocycles. The highest BCUT2D eigenvalue weighted by atomic mass is 32.2. The number of halogens is 1. The van der Waals surface area contributed by atoms with Crippen LogP contribution < -0.4 is 10.6 Å². The van der Waals surface area contributed by atoms with Gasteiger partial charge in [-0.3, -0.25) is 0 Å². The van der Waals surface area contributed by atoms with Gasteiger partial charge in [-0.25, -0.2) is 4.39 Å². The Morgan fingerprint density at radius 3 is 2.67 bits per heavy atom. The summed E-state index contributed by atoms with van der Waals surface area (Å²) < 4.78 is 13.5. The maximum absolute atomic E-state index is 13.5. The van der Waals surface area contributed by atoms with Crippen LogP contribution >= 0.6 is 24.0 Å². The second-order valence-corrected chi connectivity index (χ2v) is 7.19. The predicted octanol–water partition coefficient (Wildman–Crippen LogP) is 5.05. The first-order valence-electron chi connectivity index (χ1n) is 7.99. The van der Waals surface area contributed by atoms with Crippen molar-refractivity contribution >= 4 is 34.8 Å². The number of thioether (sulfide) groups is 1. The Morgan fingerprint density at radius 1 is 1.12 bits per heavy atom. The van der Waals surface area contributed by atoms with Gasteiger partial charge in [0.05, 0.1) is 0 Å². The number of hydrogen-bond acceptors (Lipinski definition) is 2. The average molecular weight is 363 g/mol. The van der Waals surface area contributed by atoms with E-state index in [0.29, 0.717) is 10.9 Å². The highest BCUT2D eigenvalue weighted by molar-refractivity contribution is 7.98. The summed E-state index contributed by atoms with van der Waals surface area (Å²) in [4.78, 5) is 0. The maximum Gasteiger partial charge on any atom is 0.170 e. The molecule has 0 amide bonds. The predicted molar refractivity (Wildman–Crippen MR) is 107 cm³/mol. The Hall–Kier alpha value is -1.59. The fraction of sp³-hybridized carbons (Fsp3) is 0.316. The van der Waals surface area contributed by atoms with Crippen LogP contribution in [0.2, 0.25) is 0 Å². The monoisotopic (exact) mass is 362 g/mol. The van der Waals surface area contributed by atoms with E-state index in [1.54, 1.807) is 17.8 Å². The van der Waals surface area contributed by atoms with Crippen molar-refractivity contribution < 1.29 is 4.39 Å². The molecular formula is C19H23FN2S2. The molecule has 0 heterocycles. The number of benzene rings is 2. The summed E-state index contributed by atoms with van der Waals surface area (Å²) in [5, 5.41) is 7.04. The molecule has 0 fully saturated rings. The van der Waals surface area contributed by atoms with Gasteiger partial charge < -0.3 is 10.6 Å². The first kappa shape index (κ1) is 18.7. The van der Waals surface area contributed by atoms with E-state index in [0.717, 1.165) is 30.0 Å². The van der Waals surface area contributed by atoms with Crippen LogP contribution in [0.5, 0.6) is 0 Å². The molecule has 2 rings (SSSR count). The minimum Gasteiger partial charge on any atom is -0.362 e. The van der Waals surface area contributed by atoms with Crippen LogP contribution in [0.3, 0.4) is 0 Å². The lowest BCUT2D eigenvalue weighted by Crippen LogP contribution is -2.29. The molecule has 5 heteroatoms. The van der Waals surface area contributed by atoms with Crippen LogP contribution in [-0.4, -0.2) is 17.4 Å². The van der Waals surface area contributed by atoms with Crippen molar-refractivity contribution in [1.82, 2.24) is 5.32 Å². The highest BCUT2D eigenvalue weighted by Crippen LogP contribution is 2.16. The summed E-state index contributed by atoms with van der Waals surface area (Å²) >= 11 is 7.04. The van der Waals surface area contributed by atoms with Crippen molar-refractivity contribution in [2.45, 2.75) is 26.0 Å². The van der Waals surface area contributed by atoms with E-state index in [1.165, 1.54) is 17.2 Å². The van der Waals surface area contributed by atoms with E-state index < -0.39 is 0 Å². The SMILES string of the molecule is Cc1ccc(NC(=S)NCCCSCc2ccccc2F)cc1C. The second kappa shape index (κ2) is 9.64. The van der Waals surface area contributed by atoms with Gasteiger partial charge in [0.15, 0.2) is 5.11 Å². The van der Waals surface area contributed by atoms with Crippen LogP contribution in [0.1, 0.15) is 23.1 Å². The molecule has 0 saturated carbocycles. The number of hydrogen-bond donors (Lipinski definition) is 2. The van der Waals surface area contributed by atoms with Gasteiger partial charge in [-0.15, -0.1) is 0 Å². The van der Waals surface area contributed by atoms with Gasteiger partial charge >= 0.3 is 0 Å². The van der Waals surface area contributed by atoms with Crippen molar-refractivity contribution in [3.05, 3.63) is 65.0 Å². The molecule has 0 saturated heterocycles. The minimum absolute atomic E-state index is 0.123. The molecule has 0 radical (unpaired) electrons. The number of thiocarbonyl (C=S) groups is 1. The molecule has 2 aromatic rings. The number of anilines is 1. The molecule has 0 spiro atoms. The second-order valence-electron chi connectivity index (χ2n) is 5.68. The summed E-state index contributed by atoms with van der Waals surface area (Å²) in [6, 6.07) is 13.1. The molecule has 0 bridgehead atoms. The van der Waals surface area contributed by atoms with Crippen molar-refractivity contribution in [3.63, 3.8) is 0 Å². The lowest BCUT2D eigenvalue weighted by Gasteiger charge is -2.11. The van der Waals surface area contributed by atoms with E-state index >= 15 is 0 Å². The van der Waals surface area contributed by atoms with Gasteiger partial charge in [0.2, 0.25) is 0 Å². The third kappa shape index (κ3) is 6.13. The van der Waals surface area contributed by atoms with E-state index in [1.807, 2.05) is 18.2 Å². The van der Waals surface area contributed by atoms with E-state index in [2.05, 4.69) is 36.6 Å². The van der Waals surface area contributed by atoms with E-state index in [9.17, 15) is 4.39 Å². The number of rotatable bonds is 7. The maximum atomic E-state index is 13.5. The molecule has 128 valence electrons. The van der Waals surface area contributed by atoms with Crippen molar-refractivity contribution in [3.8, 4) is 0 Å².